The second-order valence-electron chi connectivity index (χ2n) is 3.24. The van der Waals surface area contributed by atoms with E-state index < -0.39 is 0 Å². The lowest BCUT2D eigenvalue weighted by Crippen LogP contribution is -1.91. The number of benzene rings is 1. The Morgan fingerprint density at radius 1 is 1.23 bits per heavy atom. The summed E-state index contributed by atoms with van der Waals surface area (Å²) in [6.45, 7) is 3.94. The fourth-order valence-corrected chi connectivity index (χ4v) is 1.36. The predicted octanol–water partition coefficient (Wildman–Crippen LogP) is 2.57. The quantitative estimate of drug-likeness (QED) is 0.714. The van der Waals surface area contributed by atoms with E-state index in [1.54, 1.807) is 6.07 Å². The van der Waals surface area contributed by atoms with Gasteiger partial charge in [-0.2, -0.15) is 0 Å². The van der Waals surface area contributed by atoms with Crippen LogP contribution in [0.2, 0.25) is 0 Å². The third-order valence-corrected chi connectivity index (χ3v) is 2.18. The van der Waals surface area contributed by atoms with Gasteiger partial charge in [0.15, 0.2) is 0 Å². The van der Waals surface area contributed by atoms with Crippen LogP contribution < -0.4 is 0 Å². The predicted molar refractivity (Wildman–Crippen MR) is 56.6 cm³/mol. The van der Waals surface area contributed by atoms with E-state index in [2.05, 4.69) is 0 Å². The van der Waals surface area contributed by atoms with Gasteiger partial charge in [0, 0.05) is 17.0 Å². The summed E-state index contributed by atoms with van der Waals surface area (Å²) in [6, 6.07) is 3.04. The van der Waals surface area contributed by atoms with Crippen molar-refractivity contribution in [2.45, 2.75) is 19.8 Å². The Balaban J connectivity index is 3.30. The van der Waals surface area contributed by atoms with Crippen molar-refractivity contribution in [2.24, 2.45) is 0 Å². The van der Waals surface area contributed by atoms with E-state index in [0.717, 1.165) is 5.56 Å². The van der Waals surface area contributed by atoms with Crippen molar-refractivity contribution in [1.82, 2.24) is 0 Å². The molecular formula is C10H12O2S. The first kappa shape index (κ1) is 9.99. The summed E-state index contributed by atoms with van der Waals surface area (Å²) in [5, 5.41) is 20.2. The zero-order valence-corrected chi connectivity index (χ0v) is 8.43. The third-order valence-electron chi connectivity index (χ3n) is 1.92. The van der Waals surface area contributed by atoms with Gasteiger partial charge in [0.1, 0.15) is 11.5 Å². The van der Waals surface area contributed by atoms with Crippen molar-refractivity contribution in [3.8, 4) is 11.5 Å². The summed E-state index contributed by atoms with van der Waals surface area (Å²) in [6.07, 6.45) is 0. The molecule has 1 aromatic rings. The molecule has 0 amide bonds. The van der Waals surface area contributed by atoms with Crippen LogP contribution in [0.3, 0.4) is 0 Å². The van der Waals surface area contributed by atoms with Crippen LogP contribution in [-0.2, 0) is 0 Å². The molecule has 0 spiro atoms. The molecule has 2 N–H and O–H groups in total. The van der Waals surface area contributed by atoms with E-state index in [1.165, 1.54) is 11.4 Å². The standard InChI is InChI=1S/C10H12O2S/c1-6(2)8-3-7(5-13)9(11)4-10(8)12/h3-6,11-12H,1-2H3. The molecule has 0 fully saturated rings. The number of thiocarbonyl (C=S) groups is 1. The van der Waals surface area contributed by atoms with Gasteiger partial charge < -0.3 is 10.2 Å². The maximum Gasteiger partial charge on any atom is 0.127 e. The lowest BCUT2D eigenvalue weighted by molar-refractivity contribution is 0.443. The summed E-state index contributed by atoms with van der Waals surface area (Å²) >= 11 is 4.73. The average Bonchev–Trinajstić information content (AvgIpc) is 2.03. The van der Waals surface area contributed by atoms with Crippen molar-refractivity contribution >= 4 is 17.6 Å². The smallest absolute Gasteiger partial charge is 0.127 e. The number of hydrogen-bond donors (Lipinski definition) is 2. The highest BCUT2D eigenvalue weighted by Crippen LogP contribution is 2.31. The monoisotopic (exact) mass is 196 g/mol. The minimum absolute atomic E-state index is 0.0249. The molecule has 0 unspecified atom stereocenters. The molecule has 0 aliphatic heterocycles. The van der Waals surface area contributed by atoms with E-state index in [-0.39, 0.29) is 17.4 Å². The van der Waals surface area contributed by atoms with E-state index in [4.69, 9.17) is 12.2 Å². The maximum atomic E-state index is 9.47. The summed E-state index contributed by atoms with van der Waals surface area (Å²) in [7, 11) is 0. The van der Waals surface area contributed by atoms with Crippen molar-refractivity contribution in [3.63, 3.8) is 0 Å². The molecule has 0 aliphatic carbocycles. The molecule has 1 aromatic carbocycles. The van der Waals surface area contributed by atoms with Gasteiger partial charge in [-0.15, -0.1) is 0 Å². The molecule has 0 atom stereocenters. The molecule has 0 saturated carbocycles. The van der Waals surface area contributed by atoms with Crippen LogP contribution in [0.1, 0.15) is 30.9 Å². The molecule has 1 rings (SSSR count). The number of phenolic OH excluding ortho intramolecular Hbond substituents is 2. The average molecular weight is 196 g/mol. The minimum atomic E-state index is 0.0249. The Morgan fingerprint density at radius 2 is 1.85 bits per heavy atom. The molecule has 0 aliphatic rings. The Kier molecular flexibility index (Phi) is 2.88. The second kappa shape index (κ2) is 3.75. The summed E-state index contributed by atoms with van der Waals surface area (Å²) in [4.78, 5) is 0. The zero-order chi connectivity index (χ0) is 10.0. The van der Waals surface area contributed by atoms with Gasteiger partial charge in [-0.05, 0) is 17.5 Å². The highest BCUT2D eigenvalue weighted by molar-refractivity contribution is 7.79. The third kappa shape index (κ3) is 1.98. The molecule has 3 heteroatoms. The van der Waals surface area contributed by atoms with E-state index in [9.17, 15) is 10.2 Å². The molecule has 0 aromatic heterocycles. The lowest BCUT2D eigenvalue weighted by Gasteiger charge is -2.10. The highest BCUT2D eigenvalue weighted by atomic mass is 32.1. The molecule has 0 saturated heterocycles. The van der Waals surface area contributed by atoms with Gasteiger partial charge in [0.05, 0.1) is 0 Å². The van der Waals surface area contributed by atoms with Crippen LogP contribution >= 0.6 is 12.2 Å². The van der Waals surface area contributed by atoms with Crippen LogP contribution in [0.5, 0.6) is 11.5 Å². The fraction of sp³-hybridized carbons (Fsp3) is 0.300. The van der Waals surface area contributed by atoms with Crippen LogP contribution in [0.25, 0.3) is 0 Å². The normalized spacial score (nSPS) is 10.4. The maximum absolute atomic E-state index is 9.47. The summed E-state index contributed by atoms with van der Waals surface area (Å²) in [5.41, 5.74) is 1.38. The van der Waals surface area contributed by atoms with Gasteiger partial charge in [0.25, 0.3) is 0 Å². The highest BCUT2D eigenvalue weighted by Gasteiger charge is 2.09. The first-order chi connectivity index (χ1) is 6.06. The van der Waals surface area contributed by atoms with Gasteiger partial charge in [-0.25, -0.2) is 0 Å². The van der Waals surface area contributed by atoms with E-state index in [1.807, 2.05) is 13.8 Å². The van der Waals surface area contributed by atoms with Gasteiger partial charge in [-0.3, -0.25) is 0 Å². The van der Waals surface area contributed by atoms with E-state index >= 15 is 0 Å². The Labute approximate surface area is 82.8 Å². The van der Waals surface area contributed by atoms with Crippen LogP contribution in [0, 0.1) is 0 Å². The Morgan fingerprint density at radius 3 is 2.31 bits per heavy atom. The van der Waals surface area contributed by atoms with Crippen LogP contribution in [0.4, 0.5) is 0 Å². The number of aromatic hydroxyl groups is 2. The Hall–Kier alpha value is -1.09. The molecule has 2 nitrogen and oxygen atoms in total. The first-order valence-corrected chi connectivity index (χ1v) is 4.54. The van der Waals surface area contributed by atoms with Crippen molar-refractivity contribution in [1.29, 1.82) is 0 Å². The van der Waals surface area contributed by atoms with Crippen LogP contribution in [0.15, 0.2) is 12.1 Å². The molecule has 0 bridgehead atoms. The van der Waals surface area contributed by atoms with Crippen molar-refractivity contribution in [2.75, 3.05) is 0 Å². The lowest BCUT2D eigenvalue weighted by atomic mass is 9.99. The fourth-order valence-electron chi connectivity index (χ4n) is 1.17. The second-order valence-corrected chi connectivity index (χ2v) is 3.48. The largest absolute Gasteiger partial charge is 0.508 e. The SMILES string of the molecule is CC(C)c1cc(C=S)c(O)cc1O. The number of hydrogen-bond acceptors (Lipinski definition) is 3. The topological polar surface area (TPSA) is 40.5 Å². The molecular weight excluding hydrogens is 184 g/mol. The molecule has 70 valence electrons. The summed E-state index contributed by atoms with van der Waals surface area (Å²) in [5.74, 6) is 0.360. The van der Waals surface area contributed by atoms with Crippen molar-refractivity contribution < 1.29 is 10.2 Å². The molecule has 0 heterocycles. The minimum Gasteiger partial charge on any atom is -0.508 e. The van der Waals surface area contributed by atoms with Gasteiger partial charge >= 0.3 is 0 Å². The van der Waals surface area contributed by atoms with Crippen molar-refractivity contribution in [3.05, 3.63) is 23.3 Å². The Bertz CT molecular complexity index is 332. The van der Waals surface area contributed by atoms with Crippen LogP contribution in [-0.4, -0.2) is 15.6 Å². The van der Waals surface area contributed by atoms with E-state index in [0.29, 0.717) is 5.56 Å². The van der Waals surface area contributed by atoms with Gasteiger partial charge in [-0.1, -0.05) is 26.1 Å². The first-order valence-electron chi connectivity index (χ1n) is 4.07. The molecule has 0 radical (unpaired) electrons. The number of rotatable bonds is 2. The molecule has 13 heavy (non-hydrogen) atoms. The zero-order valence-electron chi connectivity index (χ0n) is 7.61. The number of phenols is 2. The van der Waals surface area contributed by atoms with Gasteiger partial charge in [0.2, 0.25) is 0 Å². The summed E-state index contributed by atoms with van der Waals surface area (Å²) < 4.78 is 0.